The number of fused-ring (bicyclic) bond motifs is 1. The molecule has 21 heavy (non-hydrogen) atoms. The fraction of sp³-hybridized carbons (Fsp3) is 0. The van der Waals surface area contributed by atoms with Crippen LogP contribution in [0, 0.1) is 0 Å². The van der Waals surface area contributed by atoms with E-state index in [1.807, 2.05) is 0 Å². The summed E-state index contributed by atoms with van der Waals surface area (Å²) in [4.78, 5) is 5.07. The number of nitrogens with zero attached hydrogens (tertiary/aromatic N) is 1. The molecule has 3 N–H and O–H groups in total. The van der Waals surface area contributed by atoms with Crippen LogP contribution in [0.1, 0.15) is 0 Å². The Morgan fingerprint density at radius 3 is 2.67 bits per heavy atom. The van der Waals surface area contributed by atoms with E-state index >= 15 is 0 Å². The highest BCUT2D eigenvalue weighted by Crippen LogP contribution is 2.41. The van der Waals surface area contributed by atoms with Gasteiger partial charge in [-0.15, -0.1) is 0 Å². The van der Waals surface area contributed by atoms with Gasteiger partial charge in [0.1, 0.15) is 11.4 Å². The molecule has 0 radical (unpaired) electrons. The molecule has 0 saturated carbocycles. The van der Waals surface area contributed by atoms with Crippen molar-refractivity contribution in [1.82, 2.24) is 4.72 Å². The minimum absolute atomic E-state index is 0.0277. The van der Waals surface area contributed by atoms with Crippen molar-refractivity contribution in [3.63, 3.8) is 0 Å². The molecule has 1 heterocycles. The van der Waals surface area contributed by atoms with Crippen LogP contribution in [0.4, 0.5) is 11.4 Å². The Morgan fingerprint density at radius 1 is 1.10 bits per heavy atom. The molecule has 0 saturated heterocycles. The third-order valence-electron chi connectivity index (χ3n) is 2.68. The summed E-state index contributed by atoms with van der Waals surface area (Å²) in [6.07, 6.45) is 0. The topological polar surface area (TPSA) is 56.7 Å². The maximum absolute atomic E-state index is 9.90. The van der Waals surface area contributed by atoms with Crippen molar-refractivity contribution in [3.05, 3.63) is 45.4 Å². The number of aromatic hydroxyl groups is 1. The zero-order valence-electron chi connectivity index (χ0n) is 10.3. The average Bonchev–Trinajstić information content (AvgIpc) is 2.43. The van der Waals surface area contributed by atoms with Gasteiger partial charge in [-0.05, 0) is 36.2 Å². The fourth-order valence-electron chi connectivity index (χ4n) is 1.75. The molecule has 1 aliphatic rings. The van der Waals surface area contributed by atoms with Crippen LogP contribution < -0.4 is 10.0 Å². The maximum Gasteiger partial charge on any atom is 0.211 e. The highest BCUT2D eigenvalue weighted by atomic mass is 35.5. The monoisotopic (exact) mass is 359 g/mol. The number of halogens is 3. The van der Waals surface area contributed by atoms with E-state index in [1.165, 1.54) is 18.0 Å². The Morgan fingerprint density at radius 2 is 1.90 bits per heavy atom. The summed E-state index contributed by atoms with van der Waals surface area (Å²) < 4.78 is 3.02. The third kappa shape index (κ3) is 3.16. The lowest BCUT2D eigenvalue weighted by Crippen LogP contribution is -2.26. The highest BCUT2D eigenvalue weighted by Gasteiger charge is 2.17. The number of benzene rings is 2. The first kappa shape index (κ1) is 14.7. The number of hydrogen-bond acceptors (Lipinski definition) is 5. The number of phenols is 1. The quantitative estimate of drug-likeness (QED) is 0.622. The minimum Gasteiger partial charge on any atom is -0.506 e. The van der Waals surface area contributed by atoms with Gasteiger partial charge in [-0.2, -0.15) is 0 Å². The first-order valence-corrected chi connectivity index (χ1v) is 7.74. The summed E-state index contributed by atoms with van der Waals surface area (Å²) >= 11 is 19.0. The SMILES string of the molecule is Oc1cc(Cl)cc2c1N=C(Nc1ccc(Cl)c(Cl)c1)NS2. The molecular formula is C13H8Cl3N3OS. The highest BCUT2D eigenvalue weighted by molar-refractivity contribution is 7.98. The number of phenolic OH excluding ortho intramolecular Hbond substituents is 1. The second-order valence-electron chi connectivity index (χ2n) is 4.19. The Balaban J connectivity index is 1.90. The summed E-state index contributed by atoms with van der Waals surface area (Å²) in [6.45, 7) is 0. The lowest BCUT2D eigenvalue weighted by molar-refractivity contribution is 0.475. The van der Waals surface area contributed by atoms with Crippen LogP contribution in [0.2, 0.25) is 15.1 Å². The van der Waals surface area contributed by atoms with E-state index in [2.05, 4.69) is 15.0 Å². The Labute approximate surface area is 140 Å². The lowest BCUT2D eigenvalue weighted by atomic mass is 10.3. The van der Waals surface area contributed by atoms with Gasteiger partial charge in [0.05, 0.1) is 14.9 Å². The van der Waals surface area contributed by atoms with Gasteiger partial charge in [-0.25, -0.2) is 4.99 Å². The summed E-state index contributed by atoms with van der Waals surface area (Å²) in [5, 5.41) is 14.3. The first-order valence-electron chi connectivity index (χ1n) is 5.79. The number of guanidine groups is 1. The lowest BCUT2D eigenvalue weighted by Gasteiger charge is -2.18. The number of aliphatic imine (C=N–C) groups is 1. The van der Waals surface area contributed by atoms with Crippen molar-refractivity contribution in [2.75, 3.05) is 5.32 Å². The van der Waals surface area contributed by atoms with Crippen LogP contribution in [0.25, 0.3) is 0 Å². The van der Waals surface area contributed by atoms with Crippen molar-refractivity contribution < 1.29 is 5.11 Å². The van der Waals surface area contributed by atoms with Crippen LogP contribution in [0.15, 0.2) is 40.2 Å². The predicted molar refractivity (Wildman–Crippen MR) is 89.3 cm³/mol. The van der Waals surface area contributed by atoms with Crippen LogP contribution >= 0.6 is 46.8 Å². The summed E-state index contributed by atoms with van der Waals surface area (Å²) in [5.41, 5.74) is 1.19. The standard InChI is InChI=1S/C13H8Cl3N3OS/c14-6-3-10(20)12-11(4-6)21-19-13(18-12)17-7-1-2-8(15)9(16)5-7/h1-5,20H,(H2,17,18,19). The maximum atomic E-state index is 9.90. The molecule has 3 rings (SSSR count). The second-order valence-corrected chi connectivity index (χ2v) is 6.29. The second kappa shape index (κ2) is 5.85. The molecule has 8 heteroatoms. The van der Waals surface area contributed by atoms with Crippen molar-refractivity contribution in [1.29, 1.82) is 0 Å². The van der Waals surface area contributed by atoms with Crippen molar-refractivity contribution in [2.24, 2.45) is 4.99 Å². The molecule has 0 atom stereocenters. The Bertz CT molecular complexity index is 752. The van der Waals surface area contributed by atoms with Crippen LogP contribution in [0.5, 0.6) is 5.75 Å². The molecule has 0 aliphatic carbocycles. The first-order chi connectivity index (χ1) is 10.0. The van der Waals surface area contributed by atoms with Gasteiger partial charge in [-0.3, -0.25) is 4.72 Å². The third-order valence-corrected chi connectivity index (χ3v) is 4.47. The molecule has 4 nitrogen and oxygen atoms in total. The van der Waals surface area contributed by atoms with E-state index in [-0.39, 0.29) is 5.75 Å². The molecule has 0 fully saturated rings. The fourth-order valence-corrected chi connectivity index (χ4v) is 3.06. The molecule has 2 aromatic carbocycles. The molecule has 1 aliphatic heterocycles. The molecule has 0 amide bonds. The van der Waals surface area contributed by atoms with E-state index in [4.69, 9.17) is 34.8 Å². The van der Waals surface area contributed by atoms with E-state index in [9.17, 15) is 5.11 Å². The molecule has 2 aromatic rings. The van der Waals surface area contributed by atoms with E-state index in [0.717, 1.165) is 10.6 Å². The Hall–Kier alpha value is -1.27. The number of rotatable bonds is 1. The van der Waals surface area contributed by atoms with Crippen molar-refractivity contribution >= 4 is 64.1 Å². The number of anilines is 1. The van der Waals surface area contributed by atoms with Gasteiger partial charge in [0.25, 0.3) is 0 Å². The van der Waals surface area contributed by atoms with Gasteiger partial charge in [0.15, 0.2) is 0 Å². The van der Waals surface area contributed by atoms with Crippen molar-refractivity contribution in [3.8, 4) is 5.75 Å². The molecule has 0 unspecified atom stereocenters. The number of nitrogens with one attached hydrogen (secondary N) is 2. The smallest absolute Gasteiger partial charge is 0.211 e. The summed E-state index contributed by atoms with van der Waals surface area (Å²) in [5.74, 6) is 0.503. The van der Waals surface area contributed by atoms with Gasteiger partial charge in [0, 0.05) is 16.8 Å². The van der Waals surface area contributed by atoms with E-state index in [1.54, 1.807) is 24.3 Å². The average molecular weight is 361 g/mol. The normalized spacial score (nSPS) is 13.2. The largest absolute Gasteiger partial charge is 0.506 e. The molecule has 0 spiro atoms. The zero-order chi connectivity index (χ0) is 15.0. The van der Waals surface area contributed by atoms with Gasteiger partial charge >= 0.3 is 0 Å². The molecule has 0 aromatic heterocycles. The minimum atomic E-state index is 0.0277. The molecule has 0 bridgehead atoms. The van der Waals surface area contributed by atoms with E-state index < -0.39 is 0 Å². The zero-order valence-corrected chi connectivity index (χ0v) is 13.4. The van der Waals surface area contributed by atoms with Gasteiger partial charge in [-0.1, -0.05) is 34.8 Å². The number of hydrogen-bond donors (Lipinski definition) is 3. The Kier molecular flexibility index (Phi) is 4.08. The van der Waals surface area contributed by atoms with Crippen LogP contribution in [0.3, 0.4) is 0 Å². The van der Waals surface area contributed by atoms with Crippen LogP contribution in [-0.4, -0.2) is 11.1 Å². The van der Waals surface area contributed by atoms with Crippen LogP contribution in [-0.2, 0) is 0 Å². The van der Waals surface area contributed by atoms with Gasteiger partial charge in [0.2, 0.25) is 5.96 Å². The van der Waals surface area contributed by atoms with Crippen molar-refractivity contribution in [2.45, 2.75) is 4.90 Å². The van der Waals surface area contributed by atoms with E-state index in [0.29, 0.717) is 26.7 Å². The van der Waals surface area contributed by atoms with Gasteiger partial charge < -0.3 is 10.4 Å². The predicted octanol–water partition coefficient (Wildman–Crippen LogP) is 5.06. The molecule has 108 valence electrons. The molecular weight excluding hydrogens is 353 g/mol. The summed E-state index contributed by atoms with van der Waals surface area (Å²) in [7, 11) is 0. The summed E-state index contributed by atoms with van der Waals surface area (Å²) in [6, 6.07) is 8.34.